The number of methoxy groups -OCH3 is 1. The van der Waals surface area contributed by atoms with Crippen molar-refractivity contribution in [3.63, 3.8) is 0 Å². The summed E-state index contributed by atoms with van der Waals surface area (Å²) in [6.07, 6.45) is 6.76. The Morgan fingerprint density at radius 2 is 1.90 bits per heavy atom. The number of benzene rings is 1. The van der Waals surface area contributed by atoms with E-state index in [1.54, 1.807) is 7.11 Å². The largest absolute Gasteiger partial charge is 0.493 e. The van der Waals surface area contributed by atoms with Gasteiger partial charge in [0.2, 0.25) is 6.41 Å². The number of hydrogen-bond donors (Lipinski definition) is 1. The number of hydrogen-bond acceptors (Lipinski definition) is 6. The van der Waals surface area contributed by atoms with E-state index in [1.807, 2.05) is 23.1 Å². The lowest BCUT2D eigenvalue weighted by Gasteiger charge is -2.32. The van der Waals surface area contributed by atoms with Crippen LogP contribution in [-0.2, 0) is 11.3 Å². The summed E-state index contributed by atoms with van der Waals surface area (Å²) in [6, 6.07) is 6.55. The van der Waals surface area contributed by atoms with Crippen molar-refractivity contribution in [2.75, 3.05) is 53.5 Å². The first kappa shape index (κ1) is 22.8. The molecule has 7 nitrogen and oxygen atoms in total. The van der Waals surface area contributed by atoms with Crippen molar-refractivity contribution in [3.05, 3.63) is 23.8 Å². The number of aliphatic hydroxyl groups is 1. The molecule has 1 heterocycles. The number of aliphatic hydroxyl groups excluding tert-OH is 1. The summed E-state index contributed by atoms with van der Waals surface area (Å²) < 4.78 is 11.4. The fourth-order valence-electron chi connectivity index (χ4n) is 4.46. The van der Waals surface area contributed by atoms with Crippen LogP contribution in [0.3, 0.4) is 0 Å². The molecule has 1 atom stereocenters. The third kappa shape index (κ3) is 6.59. The van der Waals surface area contributed by atoms with Gasteiger partial charge in [-0.3, -0.25) is 9.69 Å². The molecule has 1 saturated heterocycles. The zero-order chi connectivity index (χ0) is 21.3. The fourth-order valence-corrected chi connectivity index (χ4v) is 4.46. The van der Waals surface area contributed by atoms with Gasteiger partial charge in [0.15, 0.2) is 11.5 Å². The number of rotatable bonds is 10. The molecule has 1 aliphatic carbocycles. The molecule has 2 aliphatic rings. The topological polar surface area (TPSA) is 65.5 Å². The lowest BCUT2D eigenvalue weighted by atomic mass is 9.94. The van der Waals surface area contributed by atoms with E-state index in [-0.39, 0.29) is 6.61 Å². The standard InChI is InChI=1S/C23H37N3O4/c1-24(20-6-4-3-5-7-20)16-21(28)17-30-22-9-8-19(14-23(22)29-2)15-25-10-12-26(18-27)13-11-25/h8-9,14,18,20-21,28H,3-7,10-13,15-17H2,1-2H3. The van der Waals surface area contributed by atoms with Gasteiger partial charge in [0.05, 0.1) is 7.11 Å². The molecule has 1 aliphatic heterocycles. The minimum absolute atomic E-state index is 0.250. The normalized spacial score (nSPS) is 19.7. The van der Waals surface area contributed by atoms with Crippen LogP contribution in [0.5, 0.6) is 11.5 Å². The molecule has 1 aromatic carbocycles. The maximum atomic E-state index is 10.9. The Hall–Kier alpha value is -1.83. The zero-order valence-electron chi connectivity index (χ0n) is 18.5. The van der Waals surface area contributed by atoms with Crippen LogP contribution < -0.4 is 9.47 Å². The SMILES string of the molecule is COc1cc(CN2CCN(C=O)CC2)ccc1OCC(O)CN(C)C1CCCCC1. The van der Waals surface area contributed by atoms with Gasteiger partial charge in [-0.1, -0.05) is 25.3 Å². The van der Waals surface area contributed by atoms with Crippen molar-refractivity contribution in [1.82, 2.24) is 14.7 Å². The molecule has 1 amide bonds. The van der Waals surface area contributed by atoms with E-state index in [9.17, 15) is 9.90 Å². The fraction of sp³-hybridized carbons (Fsp3) is 0.696. The molecule has 0 radical (unpaired) electrons. The molecule has 0 aromatic heterocycles. The Morgan fingerprint density at radius 3 is 2.57 bits per heavy atom. The highest BCUT2D eigenvalue weighted by Crippen LogP contribution is 2.29. The Labute approximate surface area is 180 Å². The van der Waals surface area contributed by atoms with Gasteiger partial charge < -0.3 is 24.4 Å². The Bertz CT molecular complexity index is 658. The smallest absolute Gasteiger partial charge is 0.209 e. The van der Waals surface area contributed by atoms with Gasteiger partial charge in [-0.25, -0.2) is 0 Å². The third-order valence-corrected chi connectivity index (χ3v) is 6.32. The molecule has 168 valence electrons. The summed E-state index contributed by atoms with van der Waals surface area (Å²) in [5, 5.41) is 10.4. The van der Waals surface area contributed by atoms with E-state index in [0.717, 1.165) is 44.7 Å². The molecule has 3 rings (SSSR count). The predicted octanol–water partition coefficient (Wildman–Crippen LogP) is 1.97. The van der Waals surface area contributed by atoms with Crippen molar-refractivity contribution in [2.45, 2.75) is 50.8 Å². The first-order valence-corrected chi connectivity index (χ1v) is 11.2. The van der Waals surface area contributed by atoms with E-state index in [1.165, 1.54) is 32.1 Å². The van der Waals surface area contributed by atoms with E-state index in [2.05, 4.69) is 16.8 Å². The van der Waals surface area contributed by atoms with Crippen LogP contribution in [0.4, 0.5) is 0 Å². The maximum absolute atomic E-state index is 10.9. The summed E-state index contributed by atoms with van der Waals surface area (Å²) in [5.74, 6) is 1.35. The summed E-state index contributed by atoms with van der Waals surface area (Å²) in [6.45, 7) is 4.99. The van der Waals surface area contributed by atoms with Gasteiger partial charge in [-0.05, 0) is 37.6 Å². The van der Waals surface area contributed by atoms with E-state index in [0.29, 0.717) is 24.1 Å². The molecule has 2 fully saturated rings. The lowest BCUT2D eigenvalue weighted by Crippen LogP contribution is -2.45. The average Bonchev–Trinajstić information content (AvgIpc) is 2.79. The quantitative estimate of drug-likeness (QED) is 0.585. The van der Waals surface area contributed by atoms with Crippen LogP contribution in [0.2, 0.25) is 0 Å². The second kappa shape index (κ2) is 11.5. The zero-order valence-corrected chi connectivity index (χ0v) is 18.5. The number of nitrogens with zero attached hydrogens (tertiary/aromatic N) is 3. The third-order valence-electron chi connectivity index (χ3n) is 6.32. The molecule has 1 saturated carbocycles. The Morgan fingerprint density at radius 1 is 1.17 bits per heavy atom. The molecule has 7 heteroatoms. The number of carbonyl (C=O) groups excluding carboxylic acids is 1. The van der Waals surface area contributed by atoms with Crippen LogP contribution >= 0.6 is 0 Å². The van der Waals surface area contributed by atoms with Gasteiger partial charge in [0, 0.05) is 45.3 Å². The molecule has 1 N–H and O–H groups in total. The number of likely N-dealkylation sites (N-methyl/N-ethyl adjacent to an activating group) is 1. The van der Waals surface area contributed by atoms with E-state index < -0.39 is 6.10 Å². The molecule has 0 bridgehead atoms. The summed E-state index contributed by atoms with van der Waals surface area (Å²) in [4.78, 5) is 17.3. The molecule has 30 heavy (non-hydrogen) atoms. The summed E-state index contributed by atoms with van der Waals surface area (Å²) in [5.41, 5.74) is 1.15. The second-order valence-electron chi connectivity index (χ2n) is 8.60. The molecule has 0 spiro atoms. The van der Waals surface area contributed by atoms with Gasteiger partial charge in [-0.2, -0.15) is 0 Å². The molecule has 1 unspecified atom stereocenters. The number of ether oxygens (including phenoxy) is 2. The van der Waals surface area contributed by atoms with E-state index in [4.69, 9.17) is 9.47 Å². The Kier molecular flexibility index (Phi) is 8.78. The van der Waals surface area contributed by atoms with Crippen molar-refractivity contribution in [1.29, 1.82) is 0 Å². The molecular weight excluding hydrogens is 382 g/mol. The minimum atomic E-state index is -0.532. The molecular formula is C23H37N3O4. The van der Waals surface area contributed by atoms with Gasteiger partial charge >= 0.3 is 0 Å². The van der Waals surface area contributed by atoms with Crippen LogP contribution in [0.1, 0.15) is 37.7 Å². The highest BCUT2D eigenvalue weighted by Gasteiger charge is 2.21. The first-order chi connectivity index (χ1) is 14.6. The van der Waals surface area contributed by atoms with Gasteiger partial charge in [0.25, 0.3) is 0 Å². The highest BCUT2D eigenvalue weighted by atomic mass is 16.5. The second-order valence-corrected chi connectivity index (χ2v) is 8.60. The lowest BCUT2D eigenvalue weighted by molar-refractivity contribution is -0.119. The van der Waals surface area contributed by atoms with E-state index >= 15 is 0 Å². The van der Waals surface area contributed by atoms with Crippen LogP contribution in [0.15, 0.2) is 18.2 Å². The number of carbonyl (C=O) groups is 1. The molecule has 1 aromatic rings. The van der Waals surface area contributed by atoms with Crippen molar-refractivity contribution >= 4 is 6.41 Å². The van der Waals surface area contributed by atoms with Crippen LogP contribution in [-0.4, -0.2) is 91.9 Å². The van der Waals surface area contributed by atoms with Gasteiger partial charge in [-0.15, -0.1) is 0 Å². The Balaban J connectivity index is 1.47. The van der Waals surface area contributed by atoms with Crippen LogP contribution in [0, 0.1) is 0 Å². The number of piperazine rings is 1. The van der Waals surface area contributed by atoms with Crippen molar-refractivity contribution in [3.8, 4) is 11.5 Å². The first-order valence-electron chi connectivity index (χ1n) is 11.2. The van der Waals surface area contributed by atoms with Crippen molar-refractivity contribution in [2.24, 2.45) is 0 Å². The maximum Gasteiger partial charge on any atom is 0.209 e. The summed E-state index contributed by atoms with van der Waals surface area (Å²) in [7, 11) is 3.74. The van der Waals surface area contributed by atoms with Crippen LogP contribution in [0.25, 0.3) is 0 Å². The average molecular weight is 420 g/mol. The summed E-state index contributed by atoms with van der Waals surface area (Å²) >= 11 is 0. The minimum Gasteiger partial charge on any atom is -0.493 e. The van der Waals surface area contributed by atoms with Crippen molar-refractivity contribution < 1.29 is 19.4 Å². The number of amides is 1. The van der Waals surface area contributed by atoms with Gasteiger partial charge in [0.1, 0.15) is 12.7 Å². The monoisotopic (exact) mass is 419 g/mol. The predicted molar refractivity (Wildman–Crippen MR) is 117 cm³/mol. The highest BCUT2D eigenvalue weighted by molar-refractivity contribution is 5.47.